The summed E-state index contributed by atoms with van der Waals surface area (Å²) >= 11 is 0. The second-order valence-corrected chi connectivity index (χ2v) is 13.5. The topological polar surface area (TPSA) is 116 Å². The first-order chi connectivity index (χ1) is 25.8. The summed E-state index contributed by atoms with van der Waals surface area (Å²) in [7, 11) is 3.47. The van der Waals surface area contributed by atoms with Crippen LogP contribution in [0.4, 0.5) is 15.8 Å². The molecule has 2 aliphatic heterocycles. The summed E-state index contributed by atoms with van der Waals surface area (Å²) in [5.74, 6) is -0.854. The van der Waals surface area contributed by atoms with Gasteiger partial charge in [-0.05, 0) is 72.5 Å². The molecule has 1 atom stereocenters. The maximum atomic E-state index is 13.8. The molecular weight excluding hydrogens is 675 g/mol. The van der Waals surface area contributed by atoms with Gasteiger partial charge in [0, 0.05) is 87.6 Å². The Kier molecular flexibility index (Phi) is 12.8. The molecule has 11 nitrogen and oxygen atoms in total. The predicted molar refractivity (Wildman–Crippen MR) is 203 cm³/mol. The predicted octanol–water partition coefficient (Wildman–Crippen LogP) is 5.42. The molecule has 2 fully saturated rings. The van der Waals surface area contributed by atoms with Crippen molar-refractivity contribution in [2.24, 2.45) is 0 Å². The second-order valence-electron chi connectivity index (χ2n) is 13.5. The quantitative estimate of drug-likeness (QED) is 0.177. The zero-order chi connectivity index (χ0) is 37.2. The minimum atomic E-state index is -0.576. The van der Waals surface area contributed by atoms with Gasteiger partial charge in [0.15, 0.2) is 0 Å². The standard InChI is InChI=1S/C41H47FN6O5/c1-46(16-17-47-18-20-53-21-19-47)41(51)33-9-4-8-31(23-33)40(50)45-37-12-11-34(48-15-5-10-35(48)28-52-2)25-36(37)38-24-32(13-14-43-38)39(49)44-27-30-7-3-6-29(22-30)26-42/h3-4,6-9,11-14,22-25,35H,5,10,15-21,26-28H2,1-2H3,(H,44,49)(H,45,50)/t35-/m0/s1. The average Bonchev–Trinajstić information content (AvgIpc) is 3.67. The highest BCUT2D eigenvalue weighted by atomic mass is 19.1. The summed E-state index contributed by atoms with van der Waals surface area (Å²) in [4.78, 5) is 51.3. The molecule has 2 N–H and O–H groups in total. The van der Waals surface area contributed by atoms with Crippen LogP contribution >= 0.6 is 0 Å². The number of ether oxygens (including phenoxy) is 2. The van der Waals surface area contributed by atoms with Gasteiger partial charge in [-0.15, -0.1) is 0 Å². The molecule has 6 rings (SSSR count). The number of nitrogens with zero attached hydrogens (tertiary/aromatic N) is 4. The molecule has 0 unspecified atom stereocenters. The Morgan fingerprint density at radius 2 is 1.70 bits per heavy atom. The minimum Gasteiger partial charge on any atom is -0.383 e. The number of nitrogens with one attached hydrogen (secondary N) is 2. The van der Waals surface area contributed by atoms with Crippen molar-refractivity contribution in [2.75, 3.05) is 76.9 Å². The van der Waals surface area contributed by atoms with Crippen molar-refractivity contribution in [1.82, 2.24) is 20.1 Å². The molecule has 1 aromatic heterocycles. The van der Waals surface area contributed by atoms with Crippen LogP contribution < -0.4 is 15.5 Å². The molecule has 0 radical (unpaired) electrons. The Morgan fingerprint density at radius 1 is 0.925 bits per heavy atom. The lowest BCUT2D eigenvalue weighted by molar-refractivity contribution is 0.0338. The van der Waals surface area contributed by atoms with E-state index in [1.54, 1.807) is 79.9 Å². The monoisotopic (exact) mass is 722 g/mol. The summed E-state index contributed by atoms with van der Waals surface area (Å²) in [6, 6.07) is 23.1. The molecule has 53 heavy (non-hydrogen) atoms. The Bertz CT molecular complexity index is 1900. The summed E-state index contributed by atoms with van der Waals surface area (Å²) in [6.45, 7) is 5.50. The third-order valence-electron chi connectivity index (χ3n) is 9.79. The number of carbonyl (C=O) groups excluding carboxylic acids is 3. The van der Waals surface area contributed by atoms with E-state index in [9.17, 15) is 18.8 Å². The zero-order valence-electron chi connectivity index (χ0n) is 30.4. The number of benzene rings is 3. The minimum absolute atomic E-state index is 0.163. The summed E-state index contributed by atoms with van der Waals surface area (Å²) < 4.78 is 24.1. The summed E-state index contributed by atoms with van der Waals surface area (Å²) in [5.41, 5.74) is 5.10. The smallest absolute Gasteiger partial charge is 0.255 e. The SMILES string of the molecule is COC[C@@H]1CCCN1c1ccc(NC(=O)c2cccc(C(=O)N(C)CCN3CCOCC3)c2)c(-c2cc(C(=O)NCc3cccc(CF)c3)ccn2)c1. The lowest BCUT2D eigenvalue weighted by Crippen LogP contribution is -2.41. The van der Waals surface area contributed by atoms with Crippen LogP contribution in [0.2, 0.25) is 0 Å². The van der Waals surface area contributed by atoms with E-state index < -0.39 is 6.67 Å². The van der Waals surface area contributed by atoms with E-state index in [0.29, 0.717) is 65.6 Å². The number of carbonyl (C=O) groups is 3. The zero-order valence-corrected chi connectivity index (χ0v) is 30.4. The van der Waals surface area contributed by atoms with Gasteiger partial charge in [0.25, 0.3) is 17.7 Å². The van der Waals surface area contributed by atoms with Crippen LogP contribution in [0.15, 0.2) is 85.1 Å². The molecule has 2 aliphatic rings. The van der Waals surface area contributed by atoms with Gasteiger partial charge in [-0.3, -0.25) is 24.3 Å². The van der Waals surface area contributed by atoms with E-state index in [1.165, 1.54) is 0 Å². The number of hydrogen-bond donors (Lipinski definition) is 2. The van der Waals surface area contributed by atoms with Gasteiger partial charge in [0.05, 0.1) is 37.2 Å². The number of hydrogen-bond acceptors (Lipinski definition) is 8. The molecule has 0 spiro atoms. The second kappa shape index (κ2) is 18.0. The van der Waals surface area contributed by atoms with Crippen molar-refractivity contribution in [3.63, 3.8) is 0 Å². The Hall–Kier alpha value is -5.17. The molecule has 3 heterocycles. The molecule has 12 heteroatoms. The Labute approximate surface area is 310 Å². The molecule has 3 amide bonds. The largest absolute Gasteiger partial charge is 0.383 e. The van der Waals surface area contributed by atoms with E-state index in [1.807, 2.05) is 24.3 Å². The lowest BCUT2D eigenvalue weighted by atomic mass is 10.0. The highest BCUT2D eigenvalue weighted by molar-refractivity contribution is 6.08. The number of anilines is 2. The van der Waals surface area contributed by atoms with Gasteiger partial charge >= 0.3 is 0 Å². The first kappa shape index (κ1) is 37.6. The van der Waals surface area contributed by atoms with E-state index in [-0.39, 0.29) is 30.3 Å². The maximum absolute atomic E-state index is 13.8. The molecule has 0 saturated carbocycles. The molecule has 3 aromatic carbocycles. The molecule has 0 aliphatic carbocycles. The van der Waals surface area contributed by atoms with Crippen LogP contribution in [0.3, 0.4) is 0 Å². The van der Waals surface area contributed by atoms with Crippen molar-refractivity contribution < 1.29 is 28.2 Å². The number of morpholine rings is 1. The highest BCUT2D eigenvalue weighted by Crippen LogP contribution is 2.35. The van der Waals surface area contributed by atoms with Crippen molar-refractivity contribution in [2.45, 2.75) is 32.1 Å². The fourth-order valence-corrected chi connectivity index (χ4v) is 6.83. The fraction of sp³-hybridized carbons (Fsp3) is 0.366. The van der Waals surface area contributed by atoms with Gasteiger partial charge in [-0.2, -0.15) is 0 Å². The molecule has 4 aromatic rings. The number of aromatic nitrogens is 1. The van der Waals surface area contributed by atoms with Crippen molar-refractivity contribution in [1.29, 1.82) is 0 Å². The maximum Gasteiger partial charge on any atom is 0.255 e. The number of halogens is 1. The van der Waals surface area contributed by atoms with Gasteiger partial charge in [-0.25, -0.2) is 4.39 Å². The summed E-state index contributed by atoms with van der Waals surface area (Å²) in [5, 5.41) is 5.97. The molecule has 0 bridgehead atoms. The van der Waals surface area contributed by atoms with Crippen molar-refractivity contribution in [3.05, 3.63) is 113 Å². The van der Waals surface area contributed by atoms with Gasteiger partial charge in [-0.1, -0.05) is 30.3 Å². The van der Waals surface area contributed by atoms with E-state index in [0.717, 1.165) is 50.3 Å². The number of methoxy groups -OCH3 is 1. The van der Waals surface area contributed by atoms with Crippen LogP contribution in [0.5, 0.6) is 0 Å². The van der Waals surface area contributed by atoms with Crippen LogP contribution in [0.1, 0.15) is 55.0 Å². The molecule has 2 saturated heterocycles. The number of alkyl halides is 1. The average molecular weight is 723 g/mol. The van der Waals surface area contributed by atoms with Crippen molar-refractivity contribution in [3.8, 4) is 11.3 Å². The van der Waals surface area contributed by atoms with E-state index in [2.05, 4.69) is 25.4 Å². The first-order valence-electron chi connectivity index (χ1n) is 18.1. The fourth-order valence-electron chi connectivity index (χ4n) is 6.83. The number of amides is 3. The Morgan fingerprint density at radius 3 is 2.51 bits per heavy atom. The van der Waals surface area contributed by atoms with Gasteiger partial charge in [0.2, 0.25) is 0 Å². The van der Waals surface area contributed by atoms with Gasteiger partial charge < -0.3 is 29.9 Å². The van der Waals surface area contributed by atoms with Crippen LogP contribution in [0, 0.1) is 0 Å². The first-order valence-corrected chi connectivity index (χ1v) is 18.1. The molecule has 278 valence electrons. The van der Waals surface area contributed by atoms with Crippen molar-refractivity contribution >= 4 is 29.1 Å². The van der Waals surface area contributed by atoms with Crippen LogP contribution in [0.25, 0.3) is 11.3 Å². The number of pyridine rings is 1. The van der Waals surface area contributed by atoms with Gasteiger partial charge in [0.1, 0.15) is 6.67 Å². The summed E-state index contributed by atoms with van der Waals surface area (Å²) in [6.07, 6.45) is 3.60. The van der Waals surface area contributed by atoms with Crippen LogP contribution in [-0.2, 0) is 22.7 Å². The van der Waals surface area contributed by atoms with E-state index in [4.69, 9.17) is 9.47 Å². The third-order valence-corrected chi connectivity index (χ3v) is 9.79. The third kappa shape index (κ3) is 9.64. The number of likely N-dealkylation sites (N-methyl/N-ethyl adjacent to an activating group) is 1. The normalized spacial score (nSPS) is 16.0. The lowest BCUT2D eigenvalue weighted by Gasteiger charge is -2.28. The Balaban J connectivity index is 1.23. The highest BCUT2D eigenvalue weighted by Gasteiger charge is 2.26. The van der Waals surface area contributed by atoms with E-state index >= 15 is 0 Å². The van der Waals surface area contributed by atoms with Crippen LogP contribution in [-0.4, -0.2) is 105 Å². The number of rotatable bonds is 14. The molecular formula is C41H47FN6O5.